The molecule has 1 aliphatic rings. The molecule has 2 heterocycles. The van der Waals surface area contributed by atoms with E-state index in [2.05, 4.69) is 79.9 Å². The lowest BCUT2D eigenvalue weighted by Gasteiger charge is -2.33. The Hall–Kier alpha value is -2.54. The molecule has 0 spiro atoms. The van der Waals surface area contributed by atoms with Crippen molar-refractivity contribution in [1.29, 1.82) is 5.26 Å². The number of aromatic nitrogens is 1. The number of methoxy groups -OCH3 is 1. The van der Waals surface area contributed by atoms with E-state index in [1.807, 2.05) is 30.3 Å². The fraction of sp³-hybridized carbons (Fsp3) is 0.400. The summed E-state index contributed by atoms with van der Waals surface area (Å²) in [5, 5.41) is 14.4. The van der Waals surface area contributed by atoms with Gasteiger partial charge in [0.1, 0.15) is 14.1 Å². The van der Waals surface area contributed by atoms with Crippen molar-refractivity contribution in [2.24, 2.45) is 0 Å². The molecule has 3 aromatic rings. The van der Waals surface area contributed by atoms with Crippen LogP contribution in [0.1, 0.15) is 12.0 Å². The van der Waals surface area contributed by atoms with E-state index in [1.165, 1.54) is 0 Å². The van der Waals surface area contributed by atoms with Crippen molar-refractivity contribution in [2.75, 3.05) is 58.3 Å². The van der Waals surface area contributed by atoms with Crippen LogP contribution in [0, 0.1) is 26.4 Å². The number of halogens is 2. The maximum Gasteiger partial charge on any atom is 0.163 e. The zero-order chi connectivity index (χ0) is 28.7. The smallest absolute Gasteiger partial charge is 0.163 e. The molecule has 2 aromatic carbocycles. The Bertz CT molecular complexity index is 1450. The lowest BCUT2D eigenvalue weighted by atomic mass is 10.1. The zero-order valence-corrected chi connectivity index (χ0v) is 27.4. The van der Waals surface area contributed by atoms with Crippen LogP contribution in [0.4, 0.5) is 11.4 Å². The predicted octanol–water partition coefficient (Wildman–Crippen LogP) is 6.38. The van der Waals surface area contributed by atoms with Gasteiger partial charge in [-0.2, -0.15) is 5.26 Å². The molecule has 40 heavy (non-hydrogen) atoms. The van der Waals surface area contributed by atoms with Crippen LogP contribution in [0.5, 0.6) is 11.5 Å². The minimum Gasteiger partial charge on any atom is -0.493 e. The van der Waals surface area contributed by atoms with Gasteiger partial charge in [-0.1, -0.05) is 37.2 Å². The van der Waals surface area contributed by atoms with Gasteiger partial charge in [0.2, 0.25) is 0 Å². The van der Waals surface area contributed by atoms with Crippen LogP contribution in [0.25, 0.3) is 10.9 Å². The van der Waals surface area contributed by atoms with Gasteiger partial charge in [-0.15, -0.1) is 5.54 Å². The van der Waals surface area contributed by atoms with Crippen LogP contribution in [0.3, 0.4) is 0 Å². The normalized spacial score (nSPS) is 14.3. The quantitative estimate of drug-likeness (QED) is 0.121. The van der Waals surface area contributed by atoms with Crippen molar-refractivity contribution in [3.05, 3.63) is 50.7 Å². The molecule has 0 radical (unpaired) electrons. The molecule has 1 fully saturated rings. The third-order valence-electron chi connectivity index (χ3n) is 6.57. The first-order valence-electron chi connectivity index (χ1n) is 13.4. The predicted molar refractivity (Wildman–Crippen MR) is 175 cm³/mol. The summed E-state index contributed by atoms with van der Waals surface area (Å²) in [6.45, 7) is 13.5. The number of piperazine rings is 1. The first-order chi connectivity index (χ1) is 19.2. The third kappa shape index (κ3) is 8.24. The average molecular weight is 688 g/mol. The summed E-state index contributed by atoms with van der Waals surface area (Å²) in [7, 11) is 0.316. The summed E-state index contributed by atoms with van der Waals surface area (Å²) in [5.74, 6) is 4.61. The molecule has 0 saturated carbocycles. The maximum atomic E-state index is 9.75. The number of benzene rings is 2. The molecular formula is C30H35ClIN5O2Si. The number of nitrogens with one attached hydrogen (secondary N) is 1. The van der Waals surface area contributed by atoms with E-state index in [9.17, 15) is 5.26 Å². The molecule has 0 amide bonds. The van der Waals surface area contributed by atoms with Crippen LogP contribution < -0.4 is 14.8 Å². The standard InChI is InChI=1S/C30H35ClIN5O2Si/c1-38-28-18-24-27(34-21-22(20-33)30(24)35-26-8-7-23(32)17-25(26)31)19-29(28)39-15-5-9-36-11-13-37(14-12-36)10-6-16-40(2,3)4/h7-8,17-19,21H,5,9-15H2,1-4H3,(H,34,35). The summed E-state index contributed by atoms with van der Waals surface area (Å²) >= 11 is 8.67. The summed E-state index contributed by atoms with van der Waals surface area (Å²) in [4.78, 5) is 9.45. The van der Waals surface area contributed by atoms with E-state index in [0.717, 1.165) is 54.6 Å². The van der Waals surface area contributed by atoms with Gasteiger partial charge in [0.15, 0.2) is 11.5 Å². The molecule has 0 bridgehead atoms. The minimum absolute atomic E-state index is 0.418. The molecule has 0 unspecified atom stereocenters. The van der Waals surface area contributed by atoms with Crippen LogP contribution >= 0.6 is 34.2 Å². The van der Waals surface area contributed by atoms with E-state index in [1.54, 1.807) is 13.3 Å². The Morgan fingerprint density at radius 1 is 1.10 bits per heavy atom. The van der Waals surface area contributed by atoms with Gasteiger partial charge in [-0.05, 0) is 53.3 Å². The topological polar surface area (TPSA) is 73.6 Å². The molecule has 1 aromatic heterocycles. The third-order valence-corrected chi connectivity index (χ3v) is 8.48. The van der Waals surface area contributed by atoms with E-state index in [-0.39, 0.29) is 0 Å². The fourth-order valence-electron chi connectivity index (χ4n) is 4.48. The van der Waals surface area contributed by atoms with E-state index in [4.69, 9.17) is 21.1 Å². The van der Waals surface area contributed by atoms with Gasteiger partial charge in [0.05, 0.1) is 47.7 Å². The Morgan fingerprint density at radius 2 is 1.85 bits per heavy atom. The lowest BCUT2D eigenvalue weighted by Crippen LogP contribution is -2.46. The maximum absolute atomic E-state index is 9.75. The van der Waals surface area contributed by atoms with Crippen molar-refractivity contribution in [1.82, 2.24) is 14.8 Å². The highest BCUT2D eigenvalue weighted by atomic mass is 127. The molecule has 0 aliphatic carbocycles. The number of nitriles is 1. The Labute approximate surface area is 256 Å². The number of ether oxygens (including phenoxy) is 2. The number of rotatable bonds is 9. The van der Waals surface area contributed by atoms with Gasteiger partial charge >= 0.3 is 0 Å². The van der Waals surface area contributed by atoms with Crippen molar-refractivity contribution in [3.8, 4) is 29.0 Å². The summed E-state index contributed by atoms with van der Waals surface area (Å²) in [5.41, 5.74) is 5.92. The largest absolute Gasteiger partial charge is 0.493 e. The Kier molecular flexibility index (Phi) is 10.6. The molecule has 210 valence electrons. The van der Waals surface area contributed by atoms with Crippen LogP contribution in [-0.4, -0.2) is 75.8 Å². The molecule has 10 heteroatoms. The average Bonchev–Trinajstić information content (AvgIpc) is 2.92. The molecule has 1 saturated heterocycles. The zero-order valence-electron chi connectivity index (χ0n) is 23.5. The molecule has 1 N–H and O–H groups in total. The van der Waals surface area contributed by atoms with Gasteiger partial charge in [0.25, 0.3) is 0 Å². The van der Waals surface area contributed by atoms with Crippen molar-refractivity contribution in [3.63, 3.8) is 0 Å². The highest BCUT2D eigenvalue weighted by Gasteiger charge is 2.18. The highest BCUT2D eigenvalue weighted by molar-refractivity contribution is 14.1. The van der Waals surface area contributed by atoms with Crippen LogP contribution in [-0.2, 0) is 0 Å². The van der Waals surface area contributed by atoms with Crippen molar-refractivity contribution < 1.29 is 9.47 Å². The van der Waals surface area contributed by atoms with E-state index in [0.29, 0.717) is 45.6 Å². The van der Waals surface area contributed by atoms with E-state index >= 15 is 0 Å². The van der Waals surface area contributed by atoms with E-state index < -0.39 is 8.07 Å². The monoisotopic (exact) mass is 687 g/mol. The van der Waals surface area contributed by atoms with Gasteiger partial charge in [-0.25, -0.2) is 0 Å². The second-order valence-corrected chi connectivity index (χ2v) is 17.2. The summed E-state index contributed by atoms with van der Waals surface area (Å²) < 4.78 is 12.9. The first kappa shape index (κ1) is 30.4. The van der Waals surface area contributed by atoms with Gasteiger partial charge < -0.3 is 19.7 Å². The molecule has 0 atom stereocenters. The second kappa shape index (κ2) is 13.9. The first-order valence-corrected chi connectivity index (χ1v) is 18.3. The summed E-state index contributed by atoms with van der Waals surface area (Å²) in [6.07, 6.45) is 2.48. The highest BCUT2D eigenvalue weighted by Crippen LogP contribution is 2.38. The number of fused-ring (bicyclic) bond motifs is 1. The van der Waals surface area contributed by atoms with Crippen molar-refractivity contribution in [2.45, 2.75) is 26.1 Å². The Morgan fingerprint density at radius 3 is 2.52 bits per heavy atom. The lowest BCUT2D eigenvalue weighted by molar-refractivity contribution is 0.136. The molecule has 7 nitrogen and oxygen atoms in total. The number of hydrogen-bond acceptors (Lipinski definition) is 7. The molecule has 4 rings (SSSR count). The Balaban J connectivity index is 1.38. The van der Waals surface area contributed by atoms with Gasteiger partial charge in [0, 0.05) is 53.9 Å². The molecule has 1 aliphatic heterocycles. The number of nitrogens with zero attached hydrogens (tertiary/aromatic N) is 4. The second-order valence-electron chi connectivity index (χ2n) is 10.8. The van der Waals surface area contributed by atoms with Gasteiger partial charge in [-0.3, -0.25) is 9.88 Å². The number of hydrogen-bond donors (Lipinski definition) is 1. The SMILES string of the molecule is COc1cc2c(Nc3ccc(I)cc3Cl)c(C#N)cnc2cc1OCCCN1CCN(CC#C[Si](C)(C)C)CC1. The van der Waals surface area contributed by atoms with Crippen LogP contribution in [0.15, 0.2) is 36.5 Å². The van der Waals surface area contributed by atoms with Crippen molar-refractivity contribution >= 4 is 64.5 Å². The fourth-order valence-corrected chi connectivity index (χ4v) is 5.99. The summed E-state index contributed by atoms with van der Waals surface area (Å²) in [6, 6.07) is 11.7. The number of anilines is 2. The molecular weight excluding hydrogens is 653 g/mol. The number of pyridine rings is 1. The van der Waals surface area contributed by atoms with Crippen LogP contribution in [0.2, 0.25) is 24.7 Å². The minimum atomic E-state index is -1.30.